The molecule has 14 heavy (non-hydrogen) atoms. The van der Waals surface area contributed by atoms with Gasteiger partial charge in [0.15, 0.2) is 0 Å². The van der Waals surface area contributed by atoms with Crippen LogP contribution in [0.25, 0.3) is 0 Å². The normalized spacial score (nSPS) is 9.43. The molecule has 1 aromatic carbocycles. The van der Waals surface area contributed by atoms with Gasteiger partial charge in [-0.05, 0) is 24.0 Å². The van der Waals surface area contributed by atoms with Crippen LogP contribution in [0.5, 0.6) is 0 Å². The molecule has 0 fully saturated rings. The summed E-state index contributed by atoms with van der Waals surface area (Å²) in [6, 6.07) is 7.14. The number of hydrogen-bond donors (Lipinski definition) is 1. The molecule has 0 amide bonds. The third kappa shape index (κ3) is 2.51. The molecule has 3 nitrogen and oxygen atoms in total. The molecule has 4 heteroatoms. The summed E-state index contributed by atoms with van der Waals surface area (Å²) in [4.78, 5) is 11.3. The van der Waals surface area contributed by atoms with Gasteiger partial charge in [0.2, 0.25) is 0 Å². The van der Waals surface area contributed by atoms with Gasteiger partial charge in [0.25, 0.3) is 0 Å². The number of hydrogen-bond acceptors (Lipinski definition) is 3. The molecule has 0 bridgehead atoms. The molecule has 0 atom stereocenters. The Morgan fingerprint density at radius 1 is 1.64 bits per heavy atom. The van der Waals surface area contributed by atoms with Crippen LogP contribution in [0.15, 0.2) is 23.1 Å². The molecule has 1 aromatic rings. The molecule has 1 rings (SSSR count). The zero-order valence-corrected chi connectivity index (χ0v) is 8.47. The Hall–Kier alpha value is -1.47. The molecular formula is C10H9NO2S. The van der Waals surface area contributed by atoms with E-state index in [1.165, 1.54) is 11.8 Å². The van der Waals surface area contributed by atoms with E-state index in [-0.39, 0.29) is 6.42 Å². The Kier molecular flexibility index (Phi) is 3.55. The van der Waals surface area contributed by atoms with Crippen molar-refractivity contribution >= 4 is 17.7 Å². The van der Waals surface area contributed by atoms with Crippen LogP contribution >= 0.6 is 11.8 Å². The van der Waals surface area contributed by atoms with Gasteiger partial charge in [-0.1, -0.05) is 6.07 Å². The first-order valence-corrected chi connectivity index (χ1v) is 5.18. The molecule has 0 heterocycles. The predicted octanol–water partition coefficient (Wildman–Crippen LogP) is 1.91. The number of carbonyl (C=O) groups is 1. The van der Waals surface area contributed by atoms with Crippen molar-refractivity contribution in [2.45, 2.75) is 11.3 Å². The summed E-state index contributed by atoms with van der Waals surface area (Å²) in [6.07, 6.45) is 1.86. The van der Waals surface area contributed by atoms with E-state index in [4.69, 9.17) is 10.4 Å². The summed E-state index contributed by atoms with van der Waals surface area (Å²) in [7, 11) is 0. The Bertz CT molecular complexity index is 396. The quantitative estimate of drug-likeness (QED) is 0.769. The van der Waals surface area contributed by atoms with Gasteiger partial charge >= 0.3 is 5.97 Å². The molecule has 1 N–H and O–H groups in total. The molecule has 72 valence electrons. The van der Waals surface area contributed by atoms with Gasteiger partial charge in [-0.25, -0.2) is 0 Å². The maximum atomic E-state index is 10.5. The van der Waals surface area contributed by atoms with Gasteiger partial charge in [0.1, 0.15) is 6.07 Å². The SMILES string of the molecule is CSc1cc(CC(=O)O)ccc1C#N. The lowest BCUT2D eigenvalue weighted by Gasteiger charge is -2.02. The number of nitriles is 1. The van der Waals surface area contributed by atoms with Crippen LogP contribution in [-0.4, -0.2) is 17.3 Å². The van der Waals surface area contributed by atoms with Gasteiger partial charge in [-0.2, -0.15) is 5.26 Å². The second kappa shape index (κ2) is 4.68. The number of nitrogens with zero attached hydrogens (tertiary/aromatic N) is 1. The highest BCUT2D eigenvalue weighted by atomic mass is 32.2. The van der Waals surface area contributed by atoms with Crippen molar-refractivity contribution in [2.24, 2.45) is 0 Å². The summed E-state index contributed by atoms with van der Waals surface area (Å²) in [6.45, 7) is 0. The van der Waals surface area contributed by atoms with E-state index in [1.807, 2.05) is 6.26 Å². The Balaban J connectivity index is 3.03. The van der Waals surface area contributed by atoms with Crippen molar-refractivity contribution in [1.82, 2.24) is 0 Å². The monoisotopic (exact) mass is 207 g/mol. The molecule has 0 saturated heterocycles. The van der Waals surface area contributed by atoms with Crippen LogP contribution in [0, 0.1) is 11.3 Å². The first-order valence-electron chi connectivity index (χ1n) is 3.96. The largest absolute Gasteiger partial charge is 0.481 e. The van der Waals surface area contributed by atoms with Crippen molar-refractivity contribution in [3.63, 3.8) is 0 Å². The first-order chi connectivity index (χ1) is 6.67. The molecular weight excluding hydrogens is 198 g/mol. The van der Waals surface area contributed by atoms with Crippen LogP contribution in [0.2, 0.25) is 0 Å². The van der Waals surface area contributed by atoms with Crippen LogP contribution in [-0.2, 0) is 11.2 Å². The average Bonchev–Trinajstić information content (AvgIpc) is 2.16. The molecule has 0 aliphatic rings. The topological polar surface area (TPSA) is 61.1 Å². The minimum atomic E-state index is -0.859. The summed E-state index contributed by atoms with van der Waals surface area (Å²) in [5.74, 6) is -0.859. The van der Waals surface area contributed by atoms with E-state index in [1.54, 1.807) is 18.2 Å². The summed E-state index contributed by atoms with van der Waals surface area (Å²) >= 11 is 1.45. The molecule has 0 radical (unpaired) electrons. The number of benzene rings is 1. The van der Waals surface area contributed by atoms with Crippen LogP contribution in [0.3, 0.4) is 0 Å². The molecule has 0 aliphatic carbocycles. The first kappa shape index (κ1) is 10.6. The fourth-order valence-electron chi connectivity index (χ4n) is 1.11. The van der Waals surface area contributed by atoms with E-state index in [0.29, 0.717) is 5.56 Å². The Morgan fingerprint density at radius 2 is 2.36 bits per heavy atom. The van der Waals surface area contributed by atoms with E-state index in [2.05, 4.69) is 6.07 Å². The number of carboxylic acid groups (broad SMARTS) is 1. The van der Waals surface area contributed by atoms with Gasteiger partial charge in [-0.3, -0.25) is 4.79 Å². The standard InChI is InChI=1S/C10H9NO2S/c1-14-9-4-7(5-10(12)13)2-3-8(9)6-11/h2-4H,5H2,1H3,(H,12,13). The highest BCUT2D eigenvalue weighted by Gasteiger charge is 2.05. The number of rotatable bonds is 3. The van der Waals surface area contributed by atoms with Crippen LogP contribution in [0.4, 0.5) is 0 Å². The lowest BCUT2D eigenvalue weighted by Crippen LogP contribution is -2.00. The fraction of sp³-hybridized carbons (Fsp3) is 0.200. The van der Waals surface area contributed by atoms with Crippen molar-refractivity contribution in [3.8, 4) is 6.07 Å². The van der Waals surface area contributed by atoms with E-state index in [0.717, 1.165) is 10.5 Å². The smallest absolute Gasteiger partial charge is 0.307 e. The van der Waals surface area contributed by atoms with Gasteiger partial charge in [0.05, 0.1) is 12.0 Å². The number of carboxylic acids is 1. The average molecular weight is 207 g/mol. The Labute approximate surface area is 86.4 Å². The second-order valence-corrected chi connectivity index (χ2v) is 3.57. The molecule has 0 spiro atoms. The van der Waals surface area contributed by atoms with E-state index in [9.17, 15) is 4.79 Å². The van der Waals surface area contributed by atoms with Crippen LogP contribution in [0.1, 0.15) is 11.1 Å². The number of aliphatic carboxylic acids is 1. The third-order valence-electron chi connectivity index (χ3n) is 1.74. The summed E-state index contributed by atoms with van der Waals surface area (Å²) in [5, 5.41) is 17.3. The van der Waals surface area contributed by atoms with Gasteiger partial charge in [-0.15, -0.1) is 11.8 Å². The molecule has 0 aliphatic heterocycles. The zero-order chi connectivity index (χ0) is 10.6. The van der Waals surface area contributed by atoms with Crippen molar-refractivity contribution in [2.75, 3.05) is 6.26 Å². The van der Waals surface area contributed by atoms with Crippen molar-refractivity contribution in [3.05, 3.63) is 29.3 Å². The summed E-state index contributed by atoms with van der Waals surface area (Å²) in [5.41, 5.74) is 1.31. The lowest BCUT2D eigenvalue weighted by atomic mass is 10.1. The lowest BCUT2D eigenvalue weighted by molar-refractivity contribution is -0.136. The second-order valence-electron chi connectivity index (χ2n) is 2.72. The zero-order valence-electron chi connectivity index (χ0n) is 7.65. The minimum absolute atomic E-state index is 0.000726. The maximum Gasteiger partial charge on any atom is 0.307 e. The predicted molar refractivity (Wildman–Crippen MR) is 54.3 cm³/mol. The molecule has 0 aromatic heterocycles. The van der Waals surface area contributed by atoms with Crippen LogP contribution < -0.4 is 0 Å². The van der Waals surface area contributed by atoms with Gasteiger partial charge < -0.3 is 5.11 Å². The Morgan fingerprint density at radius 3 is 2.86 bits per heavy atom. The van der Waals surface area contributed by atoms with Crippen molar-refractivity contribution < 1.29 is 9.90 Å². The highest BCUT2D eigenvalue weighted by Crippen LogP contribution is 2.21. The summed E-state index contributed by atoms with van der Waals surface area (Å²) < 4.78 is 0. The minimum Gasteiger partial charge on any atom is -0.481 e. The van der Waals surface area contributed by atoms with E-state index < -0.39 is 5.97 Å². The third-order valence-corrected chi connectivity index (χ3v) is 2.52. The number of thioether (sulfide) groups is 1. The molecule has 0 saturated carbocycles. The molecule has 0 unspecified atom stereocenters. The van der Waals surface area contributed by atoms with Crippen molar-refractivity contribution in [1.29, 1.82) is 5.26 Å². The van der Waals surface area contributed by atoms with E-state index >= 15 is 0 Å². The fourth-order valence-corrected chi connectivity index (χ4v) is 1.72. The highest BCUT2D eigenvalue weighted by molar-refractivity contribution is 7.98. The maximum absolute atomic E-state index is 10.5. The van der Waals surface area contributed by atoms with Gasteiger partial charge in [0, 0.05) is 4.90 Å².